The fourth-order valence-electron chi connectivity index (χ4n) is 2.80. The topological polar surface area (TPSA) is 106 Å². The van der Waals surface area contributed by atoms with Crippen molar-refractivity contribution in [2.24, 2.45) is 5.92 Å². The first-order valence-corrected chi connectivity index (χ1v) is 8.99. The Morgan fingerprint density at radius 3 is 2.52 bits per heavy atom. The van der Waals surface area contributed by atoms with Crippen LogP contribution in [0.4, 0.5) is 0 Å². The van der Waals surface area contributed by atoms with E-state index < -0.39 is 29.6 Å². The largest absolute Gasteiger partial charge is 0.481 e. The second-order valence-electron chi connectivity index (χ2n) is 6.83. The molecule has 0 radical (unpaired) electrons. The van der Waals surface area contributed by atoms with Crippen molar-refractivity contribution in [2.75, 3.05) is 0 Å². The number of aliphatic carboxylic acids is 1. The lowest BCUT2D eigenvalue weighted by molar-refractivity contribution is -0.144. The number of carbonyl (C=O) groups excluding carboxylic acids is 1. The smallest absolute Gasteiger partial charge is 0.336 e. The number of hydrogen-bond donors (Lipinski definition) is 2. The molecule has 0 bridgehead atoms. The van der Waals surface area contributed by atoms with Gasteiger partial charge in [-0.1, -0.05) is 27.2 Å². The van der Waals surface area contributed by atoms with Gasteiger partial charge in [-0.15, -0.1) is 0 Å². The molecule has 1 aromatic heterocycles. The normalized spacial score (nSPS) is 13.4. The number of carboxylic acids is 1. The minimum Gasteiger partial charge on any atom is -0.481 e. The number of rotatable bonds is 8. The second-order valence-corrected chi connectivity index (χ2v) is 6.83. The molecule has 2 atom stereocenters. The van der Waals surface area contributed by atoms with E-state index in [-0.39, 0.29) is 5.92 Å². The number of ether oxygens (including phenoxy) is 1. The van der Waals surface area contributed by atoms with Crippen LogP contribution >= 0.6 is 0 Å². The summed E-state index contributed by atoms with van der Waals surface area (Å²) in [6, 6.07) is 5.55. The van der Waals surface area contributed by atoms with E-state index >= 15 is 0 Å². The van der Waals surface area contributed by atoms with Crippen LogP contribution < -0.4 is 15.7 Å². The van der Waals surface area contributed by atoms with E-state index in [9.17, 15) is 19.5 Å². The first-order valence-electron chi connectivity index (χ1n) is 8.99. The lowest BCUT2D eigenvalue weighted by Gasteiger charge is -2.21. The molecule has 1 aromatic carbocycles. The standard InChI is InChI=1S/C20H25NO6/c1-5-6-13-9-17(22)27-16-10-14(7-8-15(13)16)26-12(4)19(23)21-18(11(2)3)20(24)25/h7-12,18H,5-6H2,1-4H3,(H,21,23)(H,24,25)/t12-,18-/m0/s1. The van der Waals surface area contributed by atoms with Crippen molar-refractivity contribution < 1.29 is 23.8 Å². The molecule has 0 aliphatic rings. The van der Waals surface area contributed by atoms with E-state index in [1.165, 1.54) is 13.0 Å². The first kappa shape index (κ1) is 20.5. The highest BCUT2D eigenvalue weighted by Crippen LogP contribution is 2.24. The Kier molecular flexibility index (Phi) is 6.60. The quantitative estimate of drug-likeness (QED) is 0.687. The zero-order valence-corrected chi connectivity index (χ0v) is 15.9. The molecule has 1 heterocycles. The van der Waals surface area contributed by atoms with Crippen LogP contribution in [-0.4, -0.2) is 29.1 Å². The molecular weight excluding hydrogens is 350 g/mol. The van der Waals surface area contributed by atoms with Crippen molar-refractivity contribution in [1.29, 1.82) is 0 Å². The minimum absolute atomic E-state index is 0.259. The number of carboxylic acid groups (broad SMARTS) is 1. The second kappa shape index (κ2) is 8.70. The third kappa shape index (κ3) is 5.09. The van der Waals surface area contributed by atoms with Crippen LogP contribution in [0.15, 0.2) is 33.5 Å². The number of carbonyl (C=O) groups is 2. The van der Waals surface area contributed by atoms with Crippen LogP contribution in [0.2, 0.25) is 0 Å². The van der Waals surface area contributed by atoms with Crippen molar-refractivity contribution in [3.63, 3.8) is 0 Å². The van der Waals surface area contributed by atoms with Crippen LogP contribution in [-0.2, 0) is 16.0 Å². The van der Waals surface area contributed by atoms with Gasteiger partial charge in [0, 0.05) is 17.5 Å². The van der Waals surface area contributed by atoms with Crippen molar-refractivity contribution in [1.82, 2.24) is 5.32 Å². The molecule has 2 aromatic rings. The summed E-state index contributed by atoms with van der Waals surface area (Å²) in [6.07, 6.45) is 0.746. The zero-order chi connectivity index (χ0) is 20.1. The molecule has 0 saturated heterocycles. The highest BCUT2D eigenvalue weighted by Gasteiger charge is 2.26. The predicted octanol–water partition coefficient (Wildman–Crippen LogP) is 2.74. The summed E-state index contributed by atoms with van der Waals surface area (Å²) in [5.41, 5.74) is 0.860. The van der Waals surface area contributed by atoms with Crippen molar-refractivity contribution >= 4 is 22.8 Å². The fraction of sp³-hybridized carbons (Fsp3) is 0.450. The summed E-state index contributed by atoms with van der Waals surface area (Å²) in [4.78, 5) is 35.2. The third-order valence-corrected chi connectivity index (χ3v) is 4.23. The molecule has 7 heteroatoms. The van der Waals surface area contributed by atoms with Crippen LogP contribution in [0, 0.1) is 5.92 Å². The summed E-state index contributed by atoms with van der Waals surface area (Å²) >= 11 is 0. The molecule has 2 N–H and O–H groups in total. The Bertz CT molecular complexity index is 886. The van der Waals surface area contributed by atoms with E-state index in [4.69, 9.17) is 9.15 Å². The van der Waals surface area contributed by atoms with Gasteiger partial charge in [-0.2, -0.15) is 0 Å². The Balaban J connectivity index is 2.19. The number of aryl methyl sites for hydroxylation is 1. The lowest BCUT2D eigenvalue weighted by atomic mass is 10.0. The summed E-state index contributed by atoms with van der Waals surface area (Å²) < 4.78 is 10.9. The molecule has 0 aliphatic heterocycles. The van der Waals surface area contributed by atoms with Gasteiger partial charge in [0.15, 0.2) is 6.10 Å². The molecule has 27 heavy (non-hydrogen) atoms. The lowest BCUT2D eigenvalue weighted by Crippen LogP contribution is -2.48. The predicted molar refractivity (Wildman–Crippen MR) is 101 cm³/mol. The van der Waals surface area contributed by atoms with Gasteiger partial charge in [-0.05, 0) is 37.0 Å². The van der Waals surface area contributed by atoms with Gasteiger partial charge in [0.25, 0.3) is 5.91 Å². The summed E-state index contributed by atoms with van der Waals surface area (Å²) in [5.74, 6) is -1.53. The van der Waals surface area contributed by atoms with E-state index in [2.05, 4.69) is 5.32 Å². The molecule has 0 fully saturated rings. The van der Waals surface area contributed by atoms with Gasteiger partial charge in [0.2, 0.25) is 0 Å². The van der Waals surface area contributed by atoms with Gasteiger partial charge in [0.1, 0.15) is 17.4 Å². The average molecular weight is 375 g/mol. The van der Waals surface area contributed by atoms with Gasteiger partial charge < -0.3 is 19.6 Å². The third-order valence-electron chi connectivity index (χ3n) is 4.23. The number of hydrogen-bond acceptors (Lipinski definition) is 5. The van der Waals surface area contributed by atoms with Gasteiger partial charge >= 0.3 is 11.6 Å². The SMILES string of the molecule is CCCc1cc(=O)oc2cc(O[C@@H](C)C(=O)N[C@H](C(=O)O)C(C)C)ccc12. The van der Waals surface area contributed by atoms with Gasteiger partial charge in [-0.3, -0.25) is 4.79 Å². The van der Waals surface area contributed by atoms with Crippen LogP contribution in [0.1, 0.15) is 39.7 Å². The van der Waals surface area contributed by atoms with E-state index in [1.807, 2.05) is 6.92 Å². The maximum atomic E-state index is 12.3. The van der Waals surface area contributed by atoms with Gasteiger partial charge in [-0.25, -0.2) is 9.59 Å². The highest BCUT2D eigenvalue weighted by molar-refractivity contribution is 5.86. The molecule has 7 nitrogen and oxygen atoms in total. The van der Waals surface area contributed by atoms with E-state index in [1.54, 1.807) is 32.0 Å². The number of nitrogens with one attached hydrogen (secondary N) is 1. The summed E-state index contributed by atoms with van der Waals surface area (Å²) in [7, 11) is 0. The monoisotopic (exact) mass is 375 g/mol. The van der Waals surface area contributed by atoms with Crippen molar-refractivity contribution in [3.8, 4) is 5.75 Å². The molecular formula is C20H25NO6. The fourth-order valence-corrected chi connectivity index (χ4v) is 2.80. The number of fused-ring (bicyclic) bond motifs is 1. The summed E-state index contributed by atoms with van der Waals surface area (Å²) in [5, 5.41) is 12.5. The molecule has 0 spiro atoms. The van der Waals surface area contributed by atoms with E-state index in [0.717, 1.165) is 23.8 Å². The Morgan fingerprint density at radius 2 is 1.93 bits per heavy atom. The zero-order valence-electron chi connectivity index (χ0n) is 15.9. The van der Waals surface area contributed by atoms with E-state index in [0.29, 0.717) is 11.3 Å². The summed E-state index contributed by atoms with van der Waals surface area (Å²) in [6.45, 7) is 6.98. The molecule has 1 amide bonds. The highest BCUT2D eigenvalue weighted by atomic mass is 16.5. The Hall–Kier alpha value is -2.83. The maximum Gasteiger partial charge on any atom is 0.336 e. The average Bonchev–Trinajstić information content (AvgIpc) is 2.58. The van der Waals surface area contributed by atoms with Crippen LogP contribution in [0.3, 0.4) is 0 Å². The molecule has 0 unspecified atom stereocenters. The van der Waals surface area contributed by atoms with Crippen molar-refractivity contribution in [3.05, 3.63) is 40.2 Å². The Labute approximate surface area is 157 Å². The van der Waals surface area contributed by atoms with Crippen molar-refractivity contribution in [2.45, 2.75) is 52.7 Å². The number of amides is 1. The Morgan fingerprint density at radius 1 is 1.22 bits per heavy atom. The molecule has 2 rings (SSSR count). The minimum atomic E-state index is -1.10. The molecule has 0 saturated carbocycles. The van der Waals surface area contributed by atoms with Crippen LogP contribution in [0.5, 0.6) is 5.75 Å². The molecule has 146 valence electrons. The maximum absolute atomic E-state index is 12.3. The first-order chi connectivity index (χ1) is 12.7. The van der Waals surface area contributed by atoms with Crippen LogP contribution in [0.25, 0.3) is 11.0 Å². The number of benzene rings is 1. The van der Waals surface area contributed by atoms with Gasteiger partial charge in [0.05, 0.1) is 0 Å². The molecule has 0 aliphatic carbocycles.